The summed E-state index contributed by atoms with van der Waals surface area (Å²) in [7, 11) is 0. The minimum Gasteiger partial charge on any atom is -0.390 e. The molecule has 2 N–H and O–H groups in total. The fraction of sp³-hybridized carbons (Fsp3) is 1.00. The second-order valence-corrected chi connectivity index (χ2v) is 4.26. The van der Waals surface area contributed by atoms with Crippen LogP contribution in [-0.4, -0.2) is 59.7 Å². The van der Waals surface area contributed by atoms with Gasteiger partial charge in [-0.2, -0.15) is 0 Å². The van der Waals surface area contributed by atoms with Crippen LogP contribution in [0.3, 0.4) is 0 Å². The van der Waals surface area contributed by atoms with Gasteiger partial charge in [-0.15, -0.1) is 0 Å². The van der Waals surface area contributed by atoms with Crippen LogP contribution in [-0.2, 0) is 4.74 Å². The van der Waals surface area contributed by atoms with Crippen molar-refractivity contribution >= 4 is 0 Å². The molecule has 0 saturated carbocycles. The summed E-state index contributed by atoms with van der Waals surface area (Å²) < 4.78 is 5.47. The lowest BCUT2D eigenvalue weighted by atomic mass is 10.0. The number of rotatable bonds is 2. The van der Waals surface area contributed by atoms with Crippen molar-refractivity contribution in [3.8, 4) is 0 Å². The Morgan fingerprint density at radius 2 is 1.93 bits per heavy atom. The first-order chi connectivity index (χ1) is 6.77. The molecule has 0 bridgehead atoms. The molecule has 3 unspecified atom stereocenters. The zero-order valence-corrected chi connectivity index (χ0v) is 8.43. The van der Waals surface area contributed by atoms with Crippen molar-refractivity contribution < 1.29 is 14.9 Å². The van der Waals surface area contributed by atoms with Gasteiger partial charge in [-0.05, 0) is 32.4 Å². The molecule has 3 atom stereocenters. The molecule has 2 aliphatic rings. The molecular weight excluding hydrogens is 182 g/mol. The summed E-state index contributed by atoms with van der Waals surface area (Å²) in [5, 5.41) is 19.2. The van der Waals surface area contributed by atoms with Gasteiger partial charge in [0.2, 0.25) is 0 Å². The van der Waals surface area contributed by atoms with Gasteiger partial charge in [0.05, 0.1) is 12.2 Å². The maximum absolute atomic E-state index is 9.70. The van der Waals surface area contributed by atoms with Gasteiger partial charge in [0.25, 0.3) is 0 Å². The molecule has 0 aliphatic carbocycles. The van der Waals surface area contributed by atoms with E-state index >= 15 is 0 Å². The molecule has 2 rings (SSSR count). The number of aliphatic hydroxyl groups is 2. The topological polar surface area (TPSA) is 52.9 Å². The number of hydrogen-bond acceptors (Lipinski definition) is 4. The van der Waals surface area contributed by atoms with E-state index < -0.39 is 12.2 Å². The Bertz CT molecular complexity index is 182. The lowest BCUT2D eigenvalue weighted by Gasteiger charge is -2.34. The Kier molecular flexibility index (Phi) is 3.38. The average molecular weight is 201 g/mol. The van der Waals surface area contributed by atoms with Crippen LogP contribution < -0.4 is 0 Å². The lowest BCUT2D eigenvalue weighted by Crippen LogP contribution is -2.49. The fourth-order valence-corrected chi connectivity index (χ4v) is 2.24. The Hall–Kier alpha value is -0.160. The highest BCUT2D eigenvalue weighted by Crippen LogP contribution is 2.17. The van der Waals surface area contributed by atoms with Crippen molar-refractivity contribution in [2.45, 2.75) is 37.6 Å². The largest absolute Gasteiger partial charge is 0.390 e. The Morgan fingerprint density at radius 3 is 2.64 bits per heavy atom. The number of ether oxygens (including phenoxy) is 1. The standard InChI is InChI=1S/C10H19NO3/c12-8-3-6-14-9(10(8)13)7-11-4-1-2-5-11/h8-10,12-13H,1-7H2. The van der Waals surface area contributed by atoms with Crippen LogP contribution in [0.25, 0.3) is 0 Å². The van der Waals surface area contributed by atoms with Crippen LogP contribution in [0.2, 0.25) is 0 Å². The summed E-state index contributed by atoms with van der Waals surface area (Å²) in [5.41, 5.74) is 0. The molecule has 82 valence electrons. The van der Waals surface area contributed by atoms with Crippen LogP contribution in [0.5, 0.6) is 0 Å². The molecule has 0 amide bonds. The van der Waals surface area contributed by atoms with E-state index in [9.17, 15) is 10.2 Å². The third-order valence-electron chi connectivity index (χ3n) is 3.16. The molecule has 0 aromatic heterocycles. The summed E-state index contributed by atoms with van der Waals surface area (Å²) in [6.07, 6.45) is 1.53. The second kappa shape index (κ2) is 4.57. The molecular formula is C10H19NO3. The molecule has 2 heterocycles. The lowest BCUT2D eigenvalue weighted by molar-refractivity contribution is -0.140. The van der Waals surface area contributed by atoms with Gasteiger partial charge in [-0.3, -0.25) is 0 Å². The molecule has 0 aromatic carbocycles. The fourth-order valence-electron chi connectivity index (χ4n) is 2.24. The van der Waals surface area contributed by atoms with Crippen LogP contribution in [0, 0.1) is 0 Å². The third-order valence-corrected chi connectivity index (χ3v) is 3.16. The number of aliphatic hydroxyl groups excluding tert-OH is 2. The number of hydrogen-bond donors (Lipinski definition) is 2. The van der Waals surface area contributed by atoms with Gasteiger partial charge in [0.15, 0.2) is 0 Å². The quantitative estimate of drug-likeness (QED) is 0.638. The van der Waals surface area contributed by atoms with E-state index in [0.717, 1.165) is 19.6 Å². The summed E-state index contributed by atoms with van der Waals surface area (Å²) in [4.78, 5) is 2.30. The SMILES string of the molecule is OC1CCOC(CN2CCCC2)C1O. The molecule has 2 saturated heterocycles. The second-order valence-electron chi connectivity index (χ2n) is 4.26. The van der Waals surface area contributed by atoms with Gasteiger partial charge in [0.1, 0.15) is 6.10 Å². The third kappa shape index (κ3) is 2.25. The summed E-state index contributed by atoms with van der Waals surface area (Å²) in [6, 6.07) is 0. The first-order valence-electron chi connectivity index (χ1n) is 5.47. The highest BCUT2D eigenvalue weighted by atomic mass is 16.5. The summed E-state index contributed by atoms with van der Waals surface area (Å²) in [5.74, 6) is 0. The molecule has 4 nitrogen and oxygen atoms in total. The van der Waals surface area contributed by atoms with Gasteiger partial charge in [-0.25, -0.2) is 0 Å². The van der Waals surface area contributed by atoms with Gasteiger partial charge >= 0.3 is 0 Å². The van der Waals surface area contributed by atoms with E-state index in [1.54, 1.807) is 0 Å². The molecule has 14 heavy (non-hydrogen) atoms. The smallest absolute Gasteiger partial charge is 0.107 e. The highest BCUT2D eigenvalue weighted by Gasteiger charge is 2.32. The highest BCUT2D eigenvalue weighted by molar-refractivity contribution is 4.84. The maximum Gasteiger partial charge on any atom is 0.107 e. The van der Waals surface area contributed by atoms with Crippen LogP contribution >= 0.6 is 0 Å². The van der Waals surface area contributed by atoms with E-state index in [-0.39, 0.29) is 6.10 Å². The van der Waals surface area contributed by atoms with Gasteiger partial charge < -0.3 is 19.8 Å². The van der Waals surface area contributed by atoms with E-state index in [1.165, 1.54) is 12.8 Å². The Balaban J connectivity index is 1.83. The molecule has 2 aliphatic heterocycles. The summed E-state index contributed by atoms with van der Waals surface area (Å²) >= 11 is 0. The zero-order chi connectivity index (χ0) is 9.97. The zero-order valence-electron chi connectivity index (χ0n) is 8.43. The van der Waals surface area contributed by atoms with Crippen molar-refractivity contribution in [3.63, 3.8) is 0 Å². The van der Waals surface area contributed by atoms with E-state index in [2.05, 4.69) is 4.90 Å². The van der Waals surface area contributed by atoms with Crippen molar-refractivity contribution in [3.05, 3.63) is 0 Å². The van der Waals surface area contributed by atoms with Crippen molar-refractivity contribution in [1.82, 2.24) is 4.90 Å². The molecule has 0 aromatic rings. The molecule has 0 spiro atoms. The first kappa shape index (κ1) is 10.4. The maximum atomic E-state index is 9.70. The van der Waals surface area contributed by atoms with Crippen LogP contribution in [0.1, 0.15) is 19.3 Å². The Morgan fingerprint density at radius 1 is 1.21 bits per heavy atom. The summed E-state index contributed by atoms with van der Waals surface area (Å²) in [6.45, 7) is 3.53. The van der Waals surface area contributed by atoms with Crippen molar-refractivity contribution in [2.75, 3.05) is 26.2 Å². The molecule has 0 radical (unpaired) electrons. The van der Waals surface area contributed by atoms with Crippen molar-refractivity contribution in [2.24, 2.45) is 0 Å². The van der Waals surface area contributed by atoms with Crippen LogP contribution in [0.15, 0.2) is 0 Å². The van der Waals surface area contributed by atoms with E-state index in [4.69, 9.17) is 4.74 Å². The number of likely N-dealkylation sites (tertiary alicyclic amines) is 1. The number of nitrogens with zero attached hydrogens (tertiary/aromatic N) is 1. The monoisotopic (exact) mass is 201 g/mol. The minimum atomic E-state index is -0.704. The van der Waals surface area contributed by atoms with Crippen molar-refractivity contribution in [1.29, 1.82) is 0 Å². The van der Waals surface area contributed by atoms with Gasteiger partial charge in [0, 0.05) is 13.2 Å². The van der Waals surface area contributed by atoms with Gasteiger partial charge in [-0.1, -0.05) is 0 Å². The minimum absolute atomic E-state index is 0.197. The van der Waals surface area contributed by atoms with E-state index in [0.29, 0.717) is 13.0 Å². The van der Waals surface area contributed by atoms with E-state index in [1.807, 2.05) is 0 Å². The Labute approximate surface area is 84.5 Å². The normalized spacial score (nSPS) is 40.3. The average Bonchev–Trinajstić information content (AvgIpc) is 2.66. The van der Waals surface area contributed by atoms with Crippen LogP contribution in [0.4, 0.5) is 0 Å². The first-order valence-corrected chi connectivity index (χ1v) is 5.47. The predicted molar refractivity (Wildman–Crippen MR) is 52.0 cm³/mol. The molecule has 2 fully saturated rings. The molecule has 4 heteroatoms. The predicted octanol–water partition coefficient (Wildman–Crippen LogP) is -0.407.